The normalized spacial score (nSPS) is 39.5. The quantitative estimate of drug-likeness (QED) is 0.780. The second-order valence-corrected chi connectivity index (χ2v) is 7.10. The predicted molar refractivity (Wildman–Crippen MR) is 85.0 cm³/mol. The fourth-order valence-electron chi connectivity index (χ4n) is 4.86. The summed E-state index contributed by atoms with van der Waals surface area (Å²) in [5.41, 5.74) is 1.50. The molecule has 0 saturated carbocycles. The number of benzene rings is 1. The zero-order valence-corrected chi connectivity index (χ0v) is 13.8. The number of likely N-dealkylation sites (N-methyl/N-ethyl adjacent to an activating group) is 1. The van der Waals surface area contributed by atoms with Gasteiger partial charge in [0.15, 0.2) is 17.3 Å². The zero-order chi connectivity index (χ0) is 16.5. The molecular weight excluding hydrogens is 310 g/mol. The number of hydrogen-bond acceptors (Lipinski definition) is 6. The molecule has 1 fully saturated rings. The number of likely N-dealkylation sites (tertiary alicyclic amines) is 1. The van der Waals surface area contributed by atoms with E-state index >= 15 is 0 Å². The maximum absolute atomic E-state index is 11.4. The minimum atomic E-state index is -1.25. The molecule has 1 saturated heterocycles. The van der Waals surface area contributed by atoms with E-state index in [1.54, 1.807) is 7.11 Å². The van der Waals surface area contributed by atoms with Gasteiger partial charge in [0.2, 0.25) is 6.79 Å². The second kappa shape index (κ2) is 4.73. The number of aliphatic hydroxyl groups is 1. The number of ether oxygens (including phenoxy) is 4. The maximum atomic E-state index is 11.4. The average molecular weight is 331 g/mol. The van der Waals surface area contributed by atoms with E-state index in [4.69, 9.17) is 18.9 Å². The molecule has 5 rings (SSSR count). The van der Waals surface area contributed by atoms with Crippen LogP contribution in [-0.4, -0.2) is 55.4 Å². The summed E-state index contributed by atoms with van der Waals surface area (Å²) in [5, 5.41) is 11.4. The Labute approximate surface area is 140 Å². The van der Waals surface area contributed by atoms with E-state index in [0.29, 0.717) is 13.2 Å². The maximum Gasteiger partial charge on any atom is 0.231 e. The van der Waals surface area contributed by atoms with Crippen molar-refractivity contribution in [2.75, 3.05) is 27.5 Å². The molecule has 24 heavy (non-hydrogen) atoms. The van der Waals surface area contributed by atoms with E-state index in [-0.39, 0.29) is 18.9 Å². The van der Waals surface area contributed by atoms with Crippen molar-refractivity contribution in [2.45, 2.75) is 36.4 Å². The fourth-order valence-corrected chi connectivity index (χ4v) is 4.86. The Kier molecular flexibility index (Phi) is 2.90. The van der Waals surface area contributed by atoms with Crippen molar-refractivity contribution in [3.63, 3.8) is 0 Å². The Balaban J connectivity index is 1.74. The summed E-state index contributed by atoms with van der Waals surface area (Å²) < 4.78 is 22.6. The summed E-state index contributed by atoms with van der Waals surface area (Å²) in [5.74, 6) is 0.238. The third kappa shape index (κ3) is 1.64. The number of nitrogens with zero attached hydrogens (tertiary/aromatic N) is 1. The Bertz CT molecular complexity index is 734. The smallest absolute Gasteiger partial charge is 0.231 e. The lowest BCUT2D eigenvalue weighted by Crippen LogP contribution is -2.59. The van der Waals surface area contributed by atoms with Gasteiger partial charge >= 0.3 is 0 Å². The van der Waals surface area contributed by atoms with E-state index in [1.807, 2.05) is 25.3 Å². The number of fused-ring (bicyclic) bond motifs is 2. The molecule has 0 radical (unpaired) electrons. The number of hydrogen-bond donors (Lipinski definition) is 1. The van der Waals surface area contributed by atoms with Gasteiger partial charge in [-0.15, -0.1) is 0 Å². The largest absolute Gasteiger partial charge is 0.454 e. The fraction of sp³-hybridized carbons (Fsp3) is 0.556. The molecule has 6 nitrogen and oxygen atoms in total. The number of methoxy groups -OCH3 is 1. The van der Waals surface area contributed by atoms with Gasteiger partial charge in [0.1, 0.15) is 0 Å². The Morgan fingerprint density at radius 2 is 2.08 bits per heavy atom. The van der Waals surface area contributed by atoms with Crippen LogP contribution in [0.5, 0.6) is 11.5 Å². The molecule has 1 spiro atoms. The summed E-state index contributed by atoms with van der Waals surface area (Å²) in [7, 11) is 3.75. The van der Waals surface area contributed by atoms with E-state index in [9.17, 15) is 5.11 Å². The van der Waals surface area contributed by atoms with Crippen LogP contribution >= 0.6 is 0 Å². The molecule has 4 atom stereocenters. The van der Waals surface area contributed by atoms with Gasteiger partial charge in [0.25, 0.3) is 0 Å². The lowest BCUT2D eigenvalue weighted by molar-refractivity contribution is -0.236. The third-order valence-corrected chi connectivity index (χ3v) is 6.01. The Morgan fingerprint density at radius 3 is 2.88 bits per heavy atom. The lowest BCUT2D eigenvalue weighted by Gasteiger charge is -2.49. The first-order chi connectivity index (χ1) is 11.6. The molecule has 0 amide bonds. The Morgan fingerprint density at radius 1 is 1.29 bits per heavy atom. The van der Waals surface area contributed by atoms with Gasteiger partial charge in [-0.25, -0.2) is 0 Å². The monoisotopic (exact) mass is 331 g/mol. The first kappa shape index (κ1) is 14.7. The molecule has 3 heterocycles. The van der Waals surface area contributed by atoms with E-state index in [1.165, 1.54) is 0 Å². The van der Waals surface area contributed by atoms with Gasteiger partial charge in [0.05, 0.1) is 24.7 Å². The van der Waals surface area contributed by atoms with Crippen molar-refractivity contribution in [3.8, 4) is 11.5 Å². The van der Waals surface area contributed by atoms with Crippen LogP contribution in [0.4, 0.5) is 0 Å². The van der Waals surface area contributed by atoms with Crippen molar-refractivity contribution in [1.82, 2.24) is 4.90 Å². The van der Waals surface area contributed by atoms with E-state index < -0.39 is 11.2 Å². The van der Waals surface area contributed by atoms with Gasteiger partial charge in [-0.3, -0.25) is 4.90 Å². The van der Waals surface area contributed by atoms with Crippen LogP contribution in [-0.2, 0) is 21.5 Å². The highest BCUT2D eigenvalue weighted by Gasteiger charge is 2.66. The minimum absolute atomic E-state index is 0.0461. The molecule has 6 heteroatoms. The molecule has 3 aliphatic heterocycles. The van der Waals surface area contributed by atoms with Crippen molar-refractivity contribution in [3.05, 3.63) is 35.4 Å². The predicted octanol–water partition coefficient (Wildman–Crippen LogP) is 1.16. The molecule has 4 aliphatic rings. The molecule has 1 aliphatic carbocycles. The molecule has 1 aromatic rings. The van der Waals surface area contributed by atoms with Crippen molar-refractivity contribution >= 4 is 0 Å². The second-order valence-electron chi connectivity index (χ2n) is 7.10. The van der Waals surface area contributed by atoms with Gasteiger partial charge in [0, 0.05) is 13.2 Å². The van der Waals surface area contributed by atoms with Gasteiger partial charge in [-0.1, -0.05) is 12.2 Å². The van der Waals surface area contributed by atoms with Crippen LogP contribution in [0.25, 0.3) is 0 Å². The van der Waals surface area contributed by atoms with Crippen LogP contribution in [0.1, 0.15) is 17.5 Å². The van der Waals surface area contributed by atoms with Crippen molar-refractivity contribution < 1.29 is 24.1 Å². The van der Waals surface area contributed by atoms with Crippen molar-refractivity contribution in [1.29, 1.82) is 0 Å². The highest BCUT2D eigenvalue weighted by atomic mass is 16.7. The lowest BCUT2D eigenvalue weighted by atomic mass is 9.64. The molecule has 1 aromatic carbocycles. The Hall–Kier alpha value is -1.60. The highest BCUT2D eigenvalue weighted by Crippen LogP contribution is 2.56. The van der Waals surface area contributed by atoms with Gasteiger partial charge < -0.3 is 24.1 Å². The summed E-state index contributed by atoms with van der Waals surface area (Å²) in [4.78, 5) is 2.18. The molecule has 0 unspecified atom stereocenters. The summed E-state index contributed by atoms with van der Waals surface area (Å²) >= 11 is 0. The van der Waals surface area contributed by atoms with Crippen LogP contribution < -0.4 is 9.47 Å². The highest BCUT2D eigenvalue weighted by molar-refractivity contribution is 5.56. The van der Waals surface area contributed by atoms with Crippen LogP contribution in [0.3, 0.4) is 0 Å². The number of rotatable bonds is 1. The molecule has 0 bridgehead atoms. The molecule has 1 N–H and O–H groups in total. The molecule has 0 aromatic heterocycles. The standard InChI is InChI=1S/C18H21NO5/c1-19-9-18(20)17(4-3-12(21-2)6-16(17)19)13-7-15-14(22-10-23-15)5-11(13)8-24-18/h3-5,7,12,16,20H,6,8-10H2,1-2H3/t12-,16+,17+,18-/m0/s1. The zero-order valence-electron chi connectivity index (χ0n) is 13.8. The van der Waals surface area contributed by atoms with Crippen LogP contribution in [0.15, 0.2) is 24.3 Å². The van der Waals surface area contributed by atoms with Crippen LogP contribution in [0.2, 0.25) is 0 Å². The third-order valence-electron chi connectivity index (χ3n) is 6.01. The topological polar surface area (TPSA) is 60.4 Å². The first-order valence-electron chi connectivity index (χ1n) is 8.29. The molecular formula is C18H21NO5. The van der Waals surface area contributed by atoms with E-state index in [0.717, 1.165) is 29.0 Å². The summed E-state index contributed by atoms with van der Waals surface area (Å²) in [6, 6.07) is 4.10. The minimum Gasteiger partial charge on any atom is -0.454 e. The van der Waals surface area contributed by atoms with Crippen molar-refractivity contribution in [2.24, 2.45) is 0 Å². The van der Waals surface area contributed by atoms with Crippen LogP contribution in [0, 0.1) is 0 Å². The number of β-amino-alcohol motifs (C(OH)–C–C–N with tert-alkyl or cyclic N) is 1. The summed E-state index contributed by atoms with van der Waals surface area (Å²) in [6.07, 6.45) is 4.98. The van der Waals surface area contributed by atoms with E-state index in [2.05, 4.69) is 11.0 Å². The molecule has 128 valence electrons. The first-order valence-corrected chi connectivity index (χ1v) is 8.29. The average Bonchev–Trinajstić information content (AvgIpc) is 3.13. The summed E-state index contributed by atoms with van der Waals surface area (Å²) in [6.45, 7) is 1.07. The van der Waals surface area contributed by atoms with Gasteiger partial charge in [-0.2, -0.15) is 0 Å². The van der Waals surface area contributed by atoms with Gasteiger partial charge in [-0.05, 0) is 36.7 Å². The SMILES string of the molecule is CO[C@H]1C=C[C@]23c4cc5c(cc4CO[C@@]2(O)CN(C)[C@@H]3C1)OCO5.